The molecule has 2 saturated heterocycles. The molecule has 2 heterocycles. The van der Waals surface area contributed by atoms with Crippen molar-refractivity contribution in [3.8, 4) is 0 Å². The van der Waals surface area contributed by atoms with Gasteiger partial charge in [-0.1, -0.05) is 18.2 Å². The molecule has 2 aliphatic rings. The van der Waals surface area contributed by atoms with Crippen molar-refractivity contribution in [3.63, 3.8) is 0 Å². The Morgan fingerprint density at radius 2 is 1.78 bits per heavy atom. The van der Waals surface area contributed by atoms with Gasteiger partial charge < -0.3 is 14.4 Å². The first-order chi connectivity index (χ1) is 13.2. The van der Waals surface area contributed by atoms with Crippen LogP contribution in [-0.2, 0) is 14.3 Å². The maximum Gasteiger partial charge on any atom is 0.342 e. The SMILES string of the molecule is CCOC(=O)C(F)C(CN1CCN(c2ccccc2)CC1)N1CCOCC1. The highest BCUT2D eigenvalue weighted by Gasteiger charge is 2.36. The molecule has 2 unspecified atom stereocenters. The average Bonchev–Trinajstić information content (AvgIpc) is 2.73. The fourth-order valence-corrected chi connectivity index (χ4v) is 3.77. The van der Waals surface area contributed by atoms with Crippen molar-refractivity contribution < 1.29 is 18.7 Å². The van der Waals surface area contributed by atoms with E-state index in [1.807, 2.05) is 23.1 Å². The van der Waals surface area contributed by atoms with Crippen LogP contribution in [0.15, 0.2) is 30.3 Å². The molecule has 0 N–H and O–H groups in total. The number of hydrogen-bond acceptors (Lipinski definition) is 6. The van der Waals surface area contributed by atoms with E-state index in [2.05, 4.69) is 21.9 Å². The number of piperazine rings is 1. The van der Waals surface area contributed by atoms with Crippen LogP contribution in [0, 0.1) is 0 Å². The summed E-state index contributed by atoms with van der Waals surface area (Å²) in [6.45, 7) is 8.39. The van der Waals surface area contributed by atoms with E-state index in [1.165, 1.54) is 5.69 Å². The summed E-state index contributed by atoms with van der Waals surface area (Å²) in [5, 5.41) is 0. The van der Waals surface area contributed by atoms with Crippen molar-refractivity contribution in [1.29, 1.82) is 0 Å². The van der Waals surface area contributed by atoms with Gasteiger partial charge in [-0.25, -0.2) is 9.18 Å². The minimum atomic E-state index is -1.63. The van der Waals surface area contributed by atoms with Crippen LogP contribution in [0.5, 0.6) is 0 Å². The normalized spacial score (nSPS) is 21.6. The lowest BCUT2D eigenvalue weighted by atomic mass is 10.1. The first-order valence-electron chi connectivity index (χ1n) is 9.84. The van der Waals surface area contributed by atoms with Crippen LogP contribution >= 0.6 is 0 Å². The molecule has 2 fully saturated rings. The lowest BCUT2D eigenvalue weighted by Gasteiger charge is -2.41. The molecule has 2 aliphatic heterocycles. The lowest BCUT2D eigenvalue weighted by Crippen LogP contribution is -2.57. The zero-order chi connectivity index (χ0) is 19.1. The molecule has 6 nitrogen and oxygen atoms in total. The van der Waals surface area contributed by atoms with E-state index >= 15 is 0 Å². The van der Waals surface area contributed by atoms with E-state index in [1.54, 1.807) is 6.92 Å². The van der Waals surface area contributed by atoms with E-state index < -0.39 is 18.2 Å². The number of hydrogen-bond donors (Lipinski definition) is 0. The first-order valence-corrected chi connectivity index (χ1v) is 9.84. The fraction of sp³-hybridized carbons (Fsp3) is 0.650. The zero-order valence-electron chi connectivity index (χ0n) is 16.1. The minimum Gasteiger partial charge on any atom is -0.464 e. The van der Waals surface area contributed by atoms with Crippen molar-refractivity contribution in [1.82, 2.24) is 9.80 Å². The number of nitrogens with zero attached hydrogens (tertiary/aromatic N) is 3. The number of morpholine rings is 1. The van der Waals surface area contributed by atoms with Gasteiger partial charge in [0.1, 0.15) is 0 Å². The van der Waals surface area contributed by atoms with Gasteiger partial charge in [-0.15, -0.1) is 0 Å². The zero-order valence-corrected chi connectivity index (χ0v) is 16.1. The third kappa shape index (κ3) is 5.40. The van der Waals surface area contributed by atoms with Crippen molar-refractivity contribution in [2.24, 2.45) is 0 Å². The molecular weight excluding hydrogens is 349 g/mol. The molecule has 7 heteroatoms. The van der Waals surface area contributed by atoms with Gasteiger partial charge in [-0.3, -0.25) is 9.80 Å². The predicted molar refractivity (Wildman–Crippen MR) is 103 cm³/mol. The molecule has 0 aliphatic carbocycles. The standard InChI is InChI=1S/C20H30FN3O3/c1-2-27-20(25)19(21)18(24-12-14-26-15-13-24)16-22-8-10-23(11-9-22)17-6-4-3-5-7-17/h3-7,18-19H,2,8-16H2,1H3. The number of esters is 1. The summed E-state index contributed by atoms with van der Waals surface area (Å²) in [6, 6.07) is 9.85. The van der Waals surface area contributed by atoms with Crippen LogP contribution in [0.3, 0.4) is 0 Å². The van der Waals surface area contributed by atoms with Crippen molar-refractivity contribution in [3.05, 3.63) is 30.3 Å². The van der Waals surface area contributed by atoms with Crippen molar-refractivity contribution in [2.45, 2.75) is 19.1 Å². The van der Waals surface area contributed by atoms with Gasteiger partial charge in [0.05, 0.1) is 25.9 Å². The molecular formula is C20H30FN3O3. The monoisotopic (exact) mass is 379 g/mol. The molecule has 0 spiro atoms. The van der Waals surface area contributed by atoms with Crippen molar-refractivity contribution >= 4 is 11.7 Å². The quantitative estimate of drug-likeness (QED) is 0.668. The van der Waals surface area contributed by atoms with Gasteiger partial charge in [0, 0.05) is 51.5 Å². The smallest absolute Gasteiger partial charge is 0.342 e. The summed E-state index contributed by atoms with van der Waals surface area (Å²) in [6.07, 6.45) is -1.63. The van der Waals surface area contributed by atoms with Gasteiger partial charge >= 0.3 is 5.97 Å². The van der Waals surface area contributed by atoms with E-state index in [9.17, 15) is 9.18 Å². The molecule has 2 atom stereocenters. The summed E-state index contributed by atoms with van der Waals surface area (Å²) in [5.41, 5.74) is 1.22. The van der Waals surface area contributed by atoms with E-state index in [4.69, 9.17) is 9.47 Å². The second-order valence-electron chi connectivity index (χ2n) is 6.99. The van der Waals surface area contributed by atoms with Crippen LogP contribution in [0.2, 0.25) is 0 Å². The third-order valence-electron chi connectivity index (χ3n) is 5.30. The Kier molecular flexibility index (Phi) is 7.43. The third-order valence-corrected chi connectivity index (χ3v) is 5.30. The maximum absolute atomic E-state index is 14.9. The number of alkyl halides is 1. The summed E-state index contributed by atoms with van der Waals surface area (Å²) < 4.78 is 25.3. The molecule has 0 aromatic heterocycles. The highest BCUT2D eigenvalue weighted by Crippen LogP contribution is 2.18. The Hall–Kier alpha value is -1.70. The Morgan fingerprint density at radius 3 is 2.41 bits per heavy atom. The largest absolute Gasteiger partial charge is 0.464 e. The minimum absolute atomic E-state index is 0.199. The van der Waals surface area contributed by atoms with Gasteiger partial charge in [0.15, 0.2) is 0 Å². The van der Waals surface area contributed by atoms with Gasteiger partial charge in [-0.2, -0.15) is 0 Å². The van der Waals surface area contributed by atoms with Crippen molar-refractivity contribution in [2.75, 3.05) is 70.5 Å². The molecule has 150 valence electrons. The Bertz CT molecular complexity index is 575. The van der Waals surface area contributed by atoms with E-state index in [0.29, 0.717) is 32.8 Å². The number of carbonyl (C=O) groups excluding carboxylic acids is 1. The fourth-order valence-electron chi connectivity index (χ4n) is 3.77. The van der Waals surface area contributed by atoms with Crippen LogP contribution in [0.1, 0.15) is 6.92 Å². The Morgan fingerprint density at radius 1 is 1.11 bits per heavy atom. The number of para-hydroxylation sites is 1. The van der Waals surface area contributed by atoms with E-state index in [0.717, 1.165) is 26.2 Å². The summed E-state index contributed by atoms with van der Waals surface area (Å²) >= 11 is 0. The number of ether oxygens (including phenoxy) is 2. The second-order valence-corrected chi connectivity index (χ2v) is 6.99. The molecule has 1 aromatic rings. The molecule has 0 radical (unpaired) electrons. The van der Waals surface area contributed by atoms with Gasteiger partial charge in [0.2, 0.25) is 6.17 Å². The highest BCUT2D eigenvalue weighted by molar-refractivity contribution is 5.75. The Labute approximate surface area is 160 Å². The van der Waals surface area contributed by atoms with Gasteiger partial charge in [0.25, 0.3) is 0 Å². The summed E-state index contributed by atoms with van der Waals surface area (Å²) in [4.78, 5) is 18.7. The molecule has 27 heavy (non-hydrogen) atoms. The average molecular weight is 379 g/mol. The number of halogens is 1. The van der Waals surface area contributed by atoms with Crippen LogP contribution < -0.4 is 4.90 Å². The summed E-state index contributed by atoms with van der Waals surface area (Å²) in [5.74, 6) is -0.753. The molecule has 0 amide bonds. The number of rotatable bonds is 7. The van der Waals surface area contributed by atoms with Crippen LogP contribution in [0.25, 0.3) is 0 Å². The summed E-state index contributed by atoms with van der Waals surface area (Å²) in [7, 11) is 0. The molecule has 3 rings (SSSR count). The van der Waals surface area contributed by atoms with E-state index in [-0.39, 0.29) is 6.61 Å². The second kappa shape index (κ2) is 10.0. The molecule has 0 saturated carbocycles. The number of benzene rings is 1. The van der Waals surface area contributed by atoms with Crippen LogP contribution in [-0.4, -0.2) is 93.6 Å². The molecule has 1 aromatic carbocycles. The predicted octanol–water partition coefficient (Wildman–Crippen LogP) is 1.41. The first kappa shape index (κ1) is 20.0. The maximum atomic E-state index is 14.9. The van der Waals surface area contributed by atoms with Crippen LogP contribution in [0.4, 0.5) is 10.1 Å². The topological polar surface area (TPSA) is 45.2 Å². The molecule has 0 bridgehead atoms. The van der Waals surface area contributed by atoms with Gasteiger partial charge in [-0.05, 0) is 19.1 Å². The lowest BCUT2D eigenvalue weighted by molar-refractivity contribution is -0.153. The Balaban J connectivity index is 1.59. The number of carbonyl (C=O) groups is 1. The number of anilines is 1. The highest BCUT2D eigenvalue weighted by atomic mass is 19.1.